The van der Waals surface area contributed by atoms with Crippen molar-refractivity contribution in [3.63, 3.8) is 0 Å². The molecule has 1 saturated heterocycles. The van der Waals surface area contributed by atoms with Gasteiger partial charge in [0.15, 0.2) is 0 Å². The van der Waals surface area contributed by atoms with Gasteiger partial charge in [0.1, 0.15) is 0 Å². The number of hydrogen-bond donors (Lipinski definition) is 1. The Labute approximate surface area is 173 Å². The van der Waals surface area contributed by atoms with E-state index in [1.807, 2.05) is 23.9 Å². The van der Waals surface area contributed by atoms with Crippen molar-refractivity contribution in [2.75, 3.05) is 19.6 Å². The number of benzene rings is 1. The fraction of sp³-hybridized carbons (Fsp3) is 0.476. The van der Waals surface area contributed by atoms with Gasteiger partial charge in [-0.1, -0.05) is 6.92 Å². The minimum absolute atomic E-state index is 0.0241. The highest BCUT2D eigenvalue weighted by molar-refractivity contribution is 5.94. The van der Waals surface area contributed by atoms with Crippen LogP contribution >= 0.6 is 0 Å². The molecule has 1 aromatic carbocycles. The number of piperidine rings is 1. The zero-order chi connectivity index (χ0) is 21.7. The molecule has 2 heterocycles. The molecule has 1 aliphatic heterocycles. The van der Waals surface area contributed by atoms with E-state index in [1.165, 1.54) is 12.1 Å². The van der Waals surface area contributed by atoms with Crippen LogP contribution in [0.5, 0.6) is 0 Å². The molecule has 0 spiro atoms. The Morgan fingerprint density at radius 3 is 2.43 bits per heavy atom. The van der Waals surface area contributed by atoms with Crippen molar-refractivity contribution in [2.45, 2.75) is 32.5 Å². The number of nitrogens with zero attached hydrogens (tertiary/aromatic N) is 3. The lowest BCUT2D eigenvalue weighted by Gasteiger charge is -2.31. The van der Waals surface area contributed by atoms with Crippen molar-refractivity contribution in [3.8, 4) is 0 Å². The average Bonchev–Trinajstić information content (AvgIpc) is 3.24. The number of hydrogen-bond acceptors (Lipinski definition) is 3. The number of amides is 2. The van der Waals surface area contributed by atoms with Gasteiger partial charge < -0.3 is 10.2 Å². The van der Waals surface area contributed by atoms with Gasteiger partial charge >= 0.3 is 6.18 Å². The molecule has 2 amide bonds. The molecule has 0 radical (unpaired) electrons. The third-order valence-electron chi connectivity index (χ3n) is 5.29. The Balaban J connectivity index is 1.44. The third kappa shape index (κ3) is 5.61. The van der Waals surface area contributed by atoms with Crippen molar-refractivity contribution in [2.24, 2.45) is 11.8 Å². The van der Waals surface area contributed by atoms with Crippen LogP contribution in [0.2, 0.25) is 0 Å². The van der Waals surface area contributed by atoms with Gasteiger partial charge in [-0.2, -0.15) is 18.3 Å². The van der Waals surface area contributed by atoms with E-state index in [2.05, 4.69) is 10.4 Å². The largest absolute Gasteiger partial charge is 0.416 e. The van der Waals surface area contributed by atoms with Crippen LogP contribution in [-0.4, -0.2) is 46.1 Å². The van der Waals surface area contributed by atoms with E-state index in [9.17, 15) is 22.8 Å². The summed E-state index contributed by atoms with van der Waals surface area (Å²) in [4.78, 5) is 26.6. The van der Waals surface area contributed by atoms with Gasteiger partial charge in [-0.3, -0.25) is 14.3 Å². The SMILES string of the molecule is C[C@H](CNC(=O)C1CCN(C(=O)c2ccc(C(F)(F)F)cc2)CC1)Cn1cccn1. The number of nitrogens with one attached hydrogen (secondary N) is 1. The quantitative estimate of drug-likeness (QED) is 0.778. The number of alkyl halides is 3. The first-order valence-electron chi connectivity index (χ1n) is 9.95. The minimum Gasteiger partial charge on any atom is -0.356 e. The van der Waals surface area contributed by atoms with Crippen LogP contribution in [0.3, 0.4) is 0 Å². The maximum atomic E-state index is 12.7. The smallest absolute Gasteiger partial charge is 0.356 e. The standard InChI is InChI=1S/C21H25F3N4O2/c1-15(14-28-10-2-9-26-28)13-25-19(29)16-7-11-27(12-8-16)20(30)17-3-5-18(6-4-17)21(22,23)24/h2-6,9-10,15-16H,7-8,11-14H2,1H3,(H,25,29)/t15-/m1/s1. The lowest BCUT2D eigenvalue weighted by atomic mass is 9.95. The summed E-state index contributed by atoms with van der Waals surface area (Å²) in [5.74, 6) is -0.270. The maximum Gasteiger partial charge on any atom is 0.416 e. The van der Waals surface area contributed by atoms with Gasteiger partial charge in [-0.15, -0.1) is 0 Å². The summed E-state index contributed by atoms with van der Waals surface area (Å²) in [6.45, 7) is 4.10. The Kier molecular flexibility index (Phi) is 6.79. The molecular weight excluding hydrogens is 397 g/mol. The minimum atomic E-state index is -4.43. The van der Waals surface area contributed by atoms with Gasteiger partial charge in [0.2, 0.25) is 5.91 Å². The normalized spacial score (nSPS) is 16.3. The van der Waals surface area contributed by atoms with Gasteiger partial charge in [-0.05, 0) is 49.1 Å². The first-order valence-corrected chi connectivity index (χ1v) is 9.95. The third-order valence-corrected chi connectivity index (χ3v) is 5.29. The Bertz CT molecular complexity index is 842. The first kappa shape index (κ1) is 21.9. The van der Waals surface area contributed by atoms with E-state index in [-0.39, 0.29) is 29.2 Å². The Morgan fingerprint density at radius 2 is 1.87 bits per heavy atom. The average molecular weight is 422 g/mol. The molecule has 0 saturated carbocycles. The highest BCUT2D eigenvalue weighted by Crippen LogP contribution is 2.29. The second-order valence-corrected chi connectivity index (χ2v) is 7.72. The summed E-state index contributed by atoms with van der Waals surface area (Å²) < 4.78 is 39.8. The molecule has 0 aliphatic carbocycles. The first-order chi connectivity index (χ1) is 14.2. The van der Waals surface area contributed by atoms with Crippen molar-refractivity contribution < 1.29 is 22.8 Å². The predicted molar refractivity (Wildman–Crippen MR) is 104 cm³/mol. The Hall–Kier alpha value is -2.84. The molecule has 1 atom stereocenters. The number of carbonyl (C=O) groups is 2. The molecule has 2 aromatic rings. The van der Waals surface area contributed by atoms with Crippen LogP contribution < -0.4 is 5.32 Å². The second kappa shape index (κ2) is 9.32. The van der Waals surface area contributed by atoms with E-state index in [1.54, 1.807) is 11.1 Å². The molecular formula is C21H25F3N4O2. The van der Waals surface area contributed by atoms with Gasteiger partial charge in [0.25, 0.3) is 5.91 Å². The molecule has 1 N–H and O–H groups in total. The summed E-state index contributed by atoms with van der Waals surface area (Å²) in [7, 11) is 0. The van der Waals surface area contributed by atoms with E-state index in [0.29, 0.717) is 39.0 Å². The molecule has 0 unspecified atom stereocenters. The van der Waals surface area contributed by atoms with Crippen molar-refractivity contribution in [1.29, 1.82) is 0 Å². The monoisotopic (exact) mass is 422 g/mol. The lowest BCUT2D eigenvalue weighted by molar-refractivity contribution is -0.137. The van der Waals surface area contributed by atoms with Gasteiger partial charge in [0, 0.05) is 50.1 Å². The number of rotatable bonds is 6. The van der Waals surface area contributed by atoms with E-state index in [4.69, 9.17) is 0 Å². The highest BCUT2D eigenvalue weighted by atomic mass is 19.4. The van der Waals surface area contributed by atoms with Gasteiger partial charge in [0.05, 0.1) is 5.56 Å². The van der Waals surface area contributed by atoms with Crippen LogP contribution in [-0.2, 0) is 17.5 Å². The molecule has 30 heavy (non-hydrogen) atoms. The summed E-state index contributed by atoms with van der Waals surface area (Å²) in [6, 6.07) is 6.08. The highest BCUT2D eigenvalue weighted by Gasteiger charge is 2.31. The van der Waals surface area contributed by atoms with Crippen LogP contribution in [0.25, 0.3) is 0 Å². The topological polar surface area (TPSA) is 67.2 Å². The van der Waals surface area contributed by atoms with Crippen LogP contribution in [0.1, 0.15) is 35.7 Å². The molecule has 1 aromatic heterocycles. The van der Waals surface area contributed by atoms with Gasteiger partial charge in [-0.25, -0.2) is 0 Å². The molecule has 1 aliphatic rings. The zero-order valence-electron chi connectivity index (χ0n) is 16.7. The van der Waals surface area contributed by atoms with E-state index < -0.39 is 11.7 Å². The van der Waals surface area contributed by atoms with Crippen molar-refractivity contribution in [3.05, 3.63) is 53.9 Å². The molecule has 1 fully saturated rings. The second-order valence-electron chi connectivity index (χ2n) is 7.72. The fourth-order valence-electron chi connectivity index (χ4n) is 3.54. The summed E-state index contributed by atoms with van der Waals surface area (Å²) in [5.41, 5.74) is -0.561. The van der Waals surface area contributed by atoms with Crippen LogP contribution in [0, 0.1) is 11.8 Å². The zero-order valence-corrected chi connectivity index (χ0v) is 16.7. The van der Waals surface area contributed by atoms with Crippen molar-refractivity contribution >= 4 is 11.8 Å². The Morgan fingerprint density at radius 1 is 1.20 bits per heavy atom. The van der Waals surface area contributed by atoms with Crippen LogP contribution in [0.15, 0.2) is 42.7 Å². The fourth-order valence-corrected chi connectivity index (χ4v) is 3.54. The molecule has 3 rings (SSSR count). The lowest BCUT2D eigenvalue weighted by Crippen LogP contribution is -2.43. The van der Waals surface area contributed by atoms with Crippen molar-refractivity contribution in [1.82, 2.24) is 20.0 Å². The molecule has 6 nitrogen and oxygen atoms in total. The van der Waals surface area contributed by atoms with E-state index in [0.717, 1.165) is 12.1 Å². The molecule has 162 valence electrons. The summed E-state index contributed by atoms with van der Waals surface area (Å²) in [6.07, 6.45) is 0.230. The number of aromatic nitrogens is 2. The molecule has 9 heteroatoms. The number of likely N-dealkylation sites (tertiary alicyclic amines) is 1. The number of halogens is 3. The summed E-state index contributed by atoms with van der Waals surface area (Å²) in [5, 5.41) is 7.12. The van der Waals surface area contributed by atoms with Crippen LogP contribution in [0.4, 0.5) is 13.2 Å². The maximum absolute atomic E-state index is 12.7. The van der Waals surface area contributed by atoms with E-state index >= 15 is 0 Å². The number of carbonyl (C=O) groups excluding carboxylic acids is 2. The molecule has 0 bridgehead atoms. The summed E-state index contributed by atoms with van der Waals surface area (Å²) >= 11 is 0. The predicted octanol–water partition coefficient (Wildman–Crippen LogP) is 3.21.